The second-order valence-corrected chi connectivity index (χ2v) is 39.4. The number of anilines is 4. The van der Waals surface area contributed by atoms with E-state index in [1.54, 1.807) is 12.1 Å². The van der Waals surface area contributed by atoms with Crippen LogP contribution in [-0.2, 0) is 108 Å². The third-order valence-corrected chi connectivity index (χ3v) is 27.5. The molecule has 12 atom stereocenters. The van der Waals surface area contributed by atoms with Gasteiger partial charge in [-0.3, -0.25) is 67.4 Å². The van der Waals surface area contributed by atoms with Crippen molar-refractivity contribution >= 4 is 106 Å². The highest BCUT2D eigenvalue weighted by Crippen LogP contribution is 2.52. The zero-order valence-electron chi connectivity index (χ0n) is 82.4. The maximum Gasteiger partial charge on any atom is 0.411 e. The van der Waals surface area contributed by atoms with Gasteiger partial charge < -0.3 is 77.6 Å². The van der Waals surface area contributed by atoms with E-state index in [0.29, 0.717) is 81.1 Å². The Morgan fingerprint density at radius 1 is 0.404 bits per heavy atom. The van der Waals surface area contributed by atoms with Gasteiger partial charge in [-0.15, -0.1) is 6.58 Å². The number of carbonyl (C=O) groups is 14. The van der Waals surface area contributed by atoms with E-state index in [9.17, 15) is 72.4 Å². The van der Waals surface area contributed by atoms with Gasteiger partial charge in [-0.2, -0.15) is 5.26 Å². The van der Waals surface area contributed by atoms with Crippen LogP contribution in [0.5, 0.6) is 0 Å². The molecule has 33 nitrogen and oxygen atoms in total. The zero-order valence-corrected chi connectivity index (χ0v) is 82.4. The van der Waals surface area contributed by atoms with E-state index in [2.05, 4.69) is 53.1 Å². The summed E-state index contributed by atoms with van der Waals surface area (Å²) >= 11 is 0. The van der Waals surface area contributed by atoms with Gasteiger partial charge in [-0.25, -0.2) is 14.4 Å². The molecule has 0 saturated carbocycles. The number of fused-ring (bicyclic) bond motifs is 8. The summed E-state index contributed by atoms with van der Waals surface area (Å²) in [6, 6.07) is 53.1. The normalized spacial score (nSPS) is 21.5. The molecule has 33 heteroatoms. The molecule has 4 spiro atoms. The minimum atomic E-state index is -1.09. The minimum absolute atomic E-state index is 0.00983. The SMILES string of the molecule is C=CCN(C(=O)OCc1ccccc1)[C@@H](CC(C)C)C(=O)N1C[C@]2(C[C@H]1C(N)=O)C(=O)Nc1ccccc12.CCCN(C(=O)OCc1ccccc1)[C@@H](CC(C)C)C(=O)N1C[C@]2(C[C@H]1C#N)C(=O)Nc1ccccc12.CCCN(C(=O)OCc1ccccc1)[C@@H](CC(C)C)C(=O)N1C[C@]2(C[C@H]1C(N)=O)C(=O)Nc1ccccc12.CCCN[C@@H](CC(C)C)C(=O)N1C[C@]2(C[C@H]1C(N)=O)C(=O)Nc1ccccc12. The average Bonchev–Trinajstić information content (AvgIpc) is 1.60. The first kappa shape index (κ1) is 106. The Morgan fingerprint density at radius 3 is 0.972 bits per heavy atom. The van der Waals surface area contributed by atoms with Crippen LogP contribution >= 0.6 is 0 Å². The summed E-state index contributed by atoms with van der Waals surface area (Å²) in [5.41, 5.74) is 21.6. The smallest absolute Gasteiger partial charge is 0.411 e. The summed E-state index contributed by atoms with van der Waals surface area (Å²) in [6.45, 7) is 27.5. The number of primary amides is 3. The first-order valence-corrected chi connectivity index (χ1v) is 48.8. The highest BCUT2D eigenvalue weighted by molar-refractivity contribution is 6.12. The van der Waals surface area contributed by atoms with Crippen molar-refractivity contribution in [3.63, 3.8) is 0 Å². The third kappa shape index (κ3) is 23.2. The number of benzene rings is 7. The van der Waals surface area contributed by atoms with Gasteiger partial charge in [0, 0.05) is 75.0 Å². The lowest BCUT2D eigenvalue weighted by Crippen LogP contribution is -2.55. The number of hydrogen-bond acceptors (Lipinski definition) is 19. The molecule has 4 fully saturated rings. The maximum atomic E-state index is 14.2. The van der Waals surface area contributed by atoms with E-state index in [4.69, 9.17) is 31.4 Å². The molecular weight excluding hydrogens is 1790 g/mol. The van der Waals surface area contributed by atoms with Gasteiger partial charge in [0.05, 0.1) is 33.8 Å². The van der Waals surface area contributed by atoms with Gasteiger partial charge in [0.2, 0.25) is 65.0 Å². The van der Waals surface area contributed by atoms with E-state index in [1.165, 1.54) is 40.4 Å². The zero-order chi connectivity index (χ0) is 102. The van der Waals surface area contributed by atoms with Gasteiger partial charge in [0.15, 0.2) is 0 Å². The highest BCUT2D eigenvalue weighted by Gasteiger charge is 2.63. The average molecular weight is 1930 g/mol. The van der Waals surface area contributed by atoms with Crippen molar-refractivity contribution in [3.05, 3.63) is 240 Å². The number of nitrogens with one attached hydrogen (secondary N) is 5. The lowest BCUT2D eigenvalue weighted by atomic mass is 9.79. The van der Waals surface area contributed by atoms with Crippen LogP contribution in [-0.4, -0.2) is 218 Å². The number of nitrogens with zero attached hydrogens (tertiary/aromatic N) is 8. The van der Waals surface area contributed by atoms with Crippen LogP contribution in [0.3, 0.4) is 0 Å². The van der Waals surface area contributed by atoms with Gasteiger partial charge >= 0.3 is 18.3 Å². The fourth-order valence-corrected chi connectivity index (χ4v) is 20.7. The first-order chi connectivity index (χ1) is 67.4. The molecule has 0 bridgehead atoms. The molecule has 748 valence electrons. The number of ether oxygens (including phenoxy) is 3. The number of nitriles is 1. The van der Waals surface area contributed by atoms with Gasteiger partial charge in [-0.1, -0.05) is 246 Å². The van der Waals surface area contributed by atoms with Crippen molar-refractivity contribution in [3.8, 4) is 6.07 Å². The van der Waals surface area contributed by atoms with Crippen LogP contribution in [0, 0.1) is 35.0 Å². The third-order valence-electron chi connectivity index (χ3n) is 27.5. The number of carbonyl (C=O) groups excluding carboxylic acids is 14. The Hall–Kier alpha value is -14.3. The van der Waals surface area contributed by atoms with E-state index in [1.807, 2.05) is 238 Å². The maximum absolute atomic E-state index is 14.2. The summed E-state index contributed by atoms with van der Waals surface area (Å²) in [7, 11) is 0. The standard InChI is InChI=1S/C29H36N4O5.C29H34N4O5.C29H34N4O4.C21H30N4O3/c2*1-4-14-32(28(37)38-17-20-10-6-5-7-11-20)23(15-19(2)3)26(35)33-18-29(16-24(33)25(30)34)21-12-8-9-13-22(21)31-27(29)36;1-4-14-32(28(36)37-18-21-10-6-5-7-11-21)25(15-20(2)3)26(34)33-19-29(16-22(33)17-30)23-12-8-9-13-24(23)31-27(29)35;1-4-9-23-16(10-13(2)3)19(27)25-12-21(11-17(25)18(22)26)14-7-5-6-8-15(14)24-20(21)28/h5-13,19,23-24H,4,14-18H2,1-3H3,(H2,30,34)(H,31,36);4-13,19,23-24H,1,14-18H2,2-3H3,(H2,30,34)(H,31,36);5-13,20,22,25H,4,14-16,18-19H2,1-3H3,(H,31,35);5-8,13,16-17,23H,4,9-12H2,1-3H3,(H2,22,26)(H,24,28)/t2*23-,24-,29-;22-,25-,29-;16-,17-,21-/m0000/s1. The Labute approximate surface area is 824 Å². The second-order valence-electron chi connectivity index (χ2n) is 39.4. The van der Waals surface area contributed by atoms with Crippen LogP contribution < -0.4 is 43.8 Å². The van der Waals surface area contributed by atoms with Crippen LogP contribution in [0.25, 0.3) is 0 Å². The number of hydrogen-bond donors (Lipinski definition) is 8. The fraction of sp³-hybridized carbons (Fsp3) is 0.454. The summed E-state index contributed by atoms with van der Waals surface area (Å²) in [6.07, 6.45) is 4.26. The predicted molar refractivity (Wildman–Crippen MR) is 533 cm³/mol. The Kier molecular flexibility index (Phi) is 34.9. The molecule has 8 aliphatic heterocycles. The van der Waals surface area contributed by atoms with Crippen molar-refractivity contribution < 1.29 is 81.3 Å². The van der Waals surface area contributed by atoms with E-state index >= 15 is 0 Å². The van der Waals surface area contributed by atoms with Gasteiger partial charge in [-0.05, 0) is 158 Å². The fourth-order valence-electron chi connectivity index (χ4n) is 20.7. The Balaban J connectivity index is 0.000000169. The van der Waals surface area contributed by atoms with Crippen molar-refractivity contribution in [2.75, 3.05) is 73.6 Å². The topological polar surface area (TPSA) is 451 Å². The second kappa shape index (κ2) is 46.7. The van der Waals surface area contributed by atoms with Crippen molar-refractivity contribution in [1.29, 1.82) is 5.26 Å². The summed E-state index contributed by atoms with van der Waals surface area (Å²) < 4.78 is 16.8. The number of rotatable bonds is 33. The molecule has 141 heavy (non-hydrogen) atoms. The Morgan fingerprint density at radius 2 is 0.681 bits per heavy atom. The quantitative estimate of drug-likeness (QED) is 0.0140. The molecule has 7 aromatic carbocycles. The molecule has 15 rings (SSSR count). The van der Waals surface area contributed by atoms with E-state index in [0.717, 1.165) is 51.1 Å². The lowest BCUT2D eigenvalue weighted by Gasteiger charge is -2.35. The van der Waals surface area contributed by atoms with Crippen molar-refractivity contribution in [2.45, 2.75) is 237 Å². The minimum Gasteiger partial charge on any atom is -0.445 e. The molecule has 0 unspecified atom stereocenters. The molecular formula is C108H134N16O17. The van der Waals surface area contributed by atoms with E-state index in [-0.39, 0.29) is 131 Å². The molecule has 11 N–H and O–H groups in total. The summed E-state index contributed by atoms with van der Waals surface area (Å²) in [5, 5.41) is 24.9. The predicted octanol–water partition coefficient (Wildman–Crippen LogP) is 12.5. The monoisotopic (exact) mass is 1930 g/mol. The lowest BCUT2D eigenvalue weighted by molar-refractivity contribution is -0.142. The van der Waals surface area contributed by atoms with Crippen LogP contribution in [0.2, 0.25) is 0 Å². The van der Waals surface area contributed by atoms with Gasteiger partial charge in [0.25, 0.3) is 0 Å². The molecule has 0 aromatic heterocycles. The highest BCUT2D eigenvalue weighted by atomic mass is 16.6. The molecule has 0 radical (unpaired) electrons. The van der Waals surface area contributed by atoms with Gasteiger partial charge in [0.1, 0.15) is 62.1 Å². The molecule has 14 amide bonds. The number of nitrogens with two attached hydrogens (primary N) is 3. The number of likely N-dealkylation sites (tertiary alicyclic amines) is 4. The molecule has 8 heterocycles. The first-order valence-electron chi connectivity index (χ1n) is 48.8. The number of para-hydroxylation sites is 4. The number of amides is 14. The van der Waals surface area contributed by atoms with Crippen LogP contribution in [0.15, 0.2) is 201 Å². The Bertz CT molecular complexity index is 5780. The van der Waals surface area contributed by atoms with Crippen LogP contribution in [0.4, 0.5) is 37.1 Å². The molecule has 8 aliphatic rings. The van der Waals surface area contributed by atoms with Crippen molar-refractivity contribution in [1.82, 2.24) is 39.6 Å². The molecule has 0 aliphatic carbocycles. The van der Waals surface area contributed by atoms with Crippen molar-refractivity contribution in [2.24, 2.45) is 40.9 Å². The van der Waals surface area contributed by atoms with E-state index < -0.39 is 118 Å². The van der Waals surface area contributed by atoms with Crippen LogP contribution in [0.1, 0.15) is 186 Å². The molecule has 7 aromatic rings. The summed E-state index contributed by atoms with van der Waals surface area (Å²) in [5.74, 6) is -3.62. The largest absolute Gasteiger partial charge is 0.445 e. The summed E-state index contributed by atoms with van der Waals surface area (Å²) in [4.78, 5) is 196. The molecule has 4 saturated heterocycles.